The fourth-order valence-electron chi connectivity index (χ4n) is 2.28. The number of halogens is 5. The quantitative estimate of drug-likeness (QED) is 0.0712. The summed E-state index contributed by atoms with van der Waals surface area (Å²) in [6.07, 6.45) is 0.610. The van der Waals surface area contributed by atoms with Crippen LogP contribution in [0.1, 0.15) is 26.7 Å². The Morgan fingerprint density at radius 3 is 1.47 bits per heavy atom. The number of rotatable bonds is 19. The zero-order valence-corrected chi connectivity index (χ0v) is 19.3. The highest BCUT2D eigenvalue weighted by Gasteiger charge is 2.28. The van der Waals surface area contributed by atoms with E-state index in [2.05, 4.69) is 18.6 Å². The molecule has 1 atom stereocenters. The first-order valence-electron chi connectivity index (χ1n) is 10.9. The van der Waals surface area contributed by atoms with Gasteiger partial charge in [-0.2, -0.15) is 8.78 Å². The zero-order valence-electron chi connectivity index (χ0n) is 19.3. The average Bonchev–Trinajstić information content (AvgIpc) is 2.83. The van der Waals surface area contributed by atoms with Crippen LogP contribution in [0.4, 0.5) is 22.0 Å². The number of hydrogen-bond acceptors (Lipinski definition) is 7. The van der Waals surface area contributed by atoms with E-state index in [0.717, 1.165) is 13.0 Å². The van der Waals surface area contributed by atoms with Crippen molar-refractivity contribution in [1.29, 1.82) is 0 Å². The van der Waals surface area contributed by atoms with Crippen LogP contribution in [0.3, 0.4) is 0 Å². The van der Waals surface area contributed by atoms with E-state index in [1.54, 1.807) is 0 Å². The monoisotopic (exact) mass is 502 g/mol. The molecule has 12 heteroatoms. The lowest BCUT2D eigenvalue weighted by atomic mass is 10.1. The number of ether oxygens (including phenoxy) is 6. The number of esters is 1. The van der Waals surface area contributed by atoms with Crippen molar-refractivity contribution in [3.05, 3.63) is 29.1 Å². The van der Waals surface area contributed by atoms with Gasteiger partial charge in [-0.05, 0) is 5.92 Å². The van der Waals surface area contributed by atoms with Gasteiger partial charge in [0.05, 0.1) is 65.9 Å². The molecule has 0 radical (unpaired) electrons. The third kappa shape index (κ3) is 11.5. The second kappa shape index (κ2) is 17.6. The van der Waals surface area contributed by atoms with Gasteiger partial charge in [-0.25, -0.2) is 13.2 Å². The predicted molar refractivity (Wildman–Crippen MR) is 110 cm³/mol. The van der Waals surface area contributed by atoms with Crippen LogP contribution in [0.5, 0.6) is 5.75 Å². The van der Waals surface area contributed by atoms with E-state index in [9.17, 15) is 26.7 Å². The van der Waals surface area contributed by atoms with Gasteiger partial charge in [-0.15, -0.1) is 0 Å². The molecule has 0 fully saturated rings. The Balaban J connectivity index is 1.98. The summed E-state index contributed by atoms with van der Waals surface area (Å²) in [6, 6.07) is 0. The Morgan fingerprint density at radius 1 is 0.647 bits per heavy atom. The van der Waals surface area contributed by atoms with Gasteiger partial charge in [0.2, 0.25) is 34.8 Å². The van der Waals surface area contributed by atoms with E-state index in [0.29, 0.717) is 45.6 Å². The SMILES string of the molecule is CCC(C)COCCOCCOCCOCCOCCC(=O)Oc1c(F)c(F)c(F)c(F)c1F. The zero-order chi connectivity index (χ0) is 25.3. The lowest BCUT2D eigenvalue weighted by molar-refractivity contribution is -0.136. The number of benzene rings is 1. The van der Waals surface area contributed by atoms with E-state index < -0.39 is 47.2 Å². The summed E-state index contributed by atoms with van der Waals surface area (Å²) in [5.41, 5.74) is 0. The topological polar surface area (TPSA) is 72.5 Å². The van der Waals surface area contributed by atoms with Gasteiger partial charge in [0.15, 0.2) is 0 Å². The number of hydrogen-bond donors (Lipinski definition) is 0. The predicted octanol–water partition coefficient (Wildman–Crippen LogP) is 3.81. The summed E-state index contributed by atoms with van der Waals surface area (Å²) in [6.45, 7) is 7.62. The van der Waals surface area contributed by atoms with Crippen LogP contribution in [0.25, 0.3) is 0 Å². The van der Waals surface area contributed by atoms with Crippen LogP contribution in [0.15, 0.2) is 0 Å². The Kier molecular flexibility index (Phi) is 15.6. The molecule has 196 valence electrons. The highest BCUT2D eigenvalue weighted by molar-refractivity contribution is 5.72. The highest BCUT2D eigenvalue weighted by atomic mass is 19.2. The van der Waals surface area contributed by atoms with Crippen molar-refractivity contribution in [1.82, 2.24) is 0 Å². The second-order valence-corrected chi connectivity index (χ2v) is 7.16. The molecule has 0 aliphatic rings. The fourth-order valence-corrected chi connectivity index (χ4v) is 2.28. The van der Waals surface area contributed by atoms with Crippen molar-refractivity contribution in [2.45, 2.75) is 26.7 Å². The molecule has 1 aromatic rings. The summed E-state index contributed by atoms with van der Waals surface area (Å²) >= 11 is 0. The Bertz CT molecular complexity index is 707. The molecule has 0 spiro atoms. The van der Waals surface area contributed by atoms with Gasteiger partial charge in [-0.3, -0.25) is 4.79 Å². The first kappa shape index (κ1) is 30.2. The van der Waals surface area contributed by atoms with Crippen LogP contribution in [0.2, 0.25) is 0 Å². The van der Waals surface area contributed by atoms with Gasteiger partial charge in [0.1, 0.15) is 0 Å². The maximum absolute atomic E-state index is 13.5. The molecular formula is C22H31F5O7. The van der Waals surface area contributed by atoms with E-state index in [1.807, 2.05) is 0 Å². The molecule has 0 saturated carbocycles. The minimum Gasteiger partial charge on any atom is -0.420 e. The second-order valence-electron chi connectivity index (χ2n) is 7.16. The lowest BCUT2D eigenvalue weighted by Crippen LogP contribution is -2.16. The van der Waals surface area contributed by atoms with Crippen molar-refractivity contribution < 1.29 is 55.2 Å². The normalized spacial score (nSPS) is 12.2. The van der Waals surface area contributed by atoms with Gasteiger partial charge in [0, 0.05) is 6.61 Å². The molecule has 34 heavy (non-hydrogen) atoms. The van der Waals surface area contributed by atoms with Gasteiger partial charge in [0.25, 0.3) is 0 Å². The lowest BCUT2D eigenvalue weighted by Gasteiger charge is -2.10. The smallest absolute Gasteiger partial charge is 0.313 e. The van der Waals surface area contributed by atoms with E-state index in [4.69, 9.17) is 23.7 Å². The van der Waals surface area contributed by atoms with Crippen molar-refractivity contribution in [3.63, 3.8) is 0 Å². The maximum atomic E-state index is 13.5. The summed E-state index contributed by atoms with van der Waals surface area (Å²) in [7, 11) is 0. The molecule has 7 nitrogen and oxygen atoms in total. The summed E-state index contributed by atoms with van der Waals surface area (Å²) < 4.78 is 96.7. The first-order valence-corrected chi connectivity index (χ1v) is 10.9. The Morgan fingerprint density at radius 2 is 1.03 bits per heavy atom. The summed E-state index contributed by atoms with van der Waals surface area (Å²) in [5.74, 6) is -13.5. The number of carbonyl (C=O) groups excluding carboxylic acids is 1. The van der Waals surface area contributed by atoms with Gasteiger partial charge < -0.3 is 28.4 Å². The molecule has 0 aromatic heterocycles. The third-order valence-electron chi connectivity index (χ3n) is 4.42. The molecule has 1 unspecified atom stereocenters. The average molecular weight is 502 g/mol. The van der Waals surface area contributed by atoms with Crippen LogP contribution in [-0.4, -0.2) is 72.0 Å². The molecular weight excluding hydrogens is 471 g/mol. The van der Waals surface area contributed by atoms with Crippen molar-refractivity contribution in [2.24, 2.45) is 5.92 Å². The molecule has 0 heterocycles. The highest BCUT2D eigenvalue weighted by Crippen LogP contribution is 2.29. The van der Waals surface area contributed by atoms with E-state index >= 15 is 0 Å². The molecule has 1 rings (SSSR count). The molecule has 0 bridgehead atoms. The minimum absolute atomic E-state index is 0.107. The molecule has 0 aliphatic heterocycles. The molecule has 0 aliphatic carbocycles. The van der Waals surface area contributed by atoms with Crippen LogP contribution in [0, 0.1) is 35.0 Å². The summed E-state index contributed by atoms with van der Waals surface area (Å²) in [4.78, 5) is 11.6. The number of carbonyl (C=O) groups is 1. The van der Waals surface area contributed by atoms with Crippen molar-refractivity contribution >= 4 is 5.97 Å². The summed E-state index contributed by atoms with van der Waals surface area (Å²) in [5, 5.41) is 0. The van der Waals surface area contributed by atoms with Crippen molar-refractivity contribution in [3.8, 4) is 5.75 Å². The standard InChI is InChI=1S/C22H31F5O7/c1-3-15(2)14-33-13-12-32-11-10-31-9-8-30-7-6-29-5-4-16(28)34-22-20(26)18(24)17(23)19(25)21(22)27/h15H,3-14H2,1-2H3. The van der Waals surface area contributed by atoms with Crippen LogP contribution in [-0.2, 0) is 28.5 Å². The molecule has 1 aromatic carbocycles. The van der Waals surface area contributed by atoms with Crippen molar-refractivity contribution in [2.75, 3.05) is 66.1 Å². The maximum Gasteiger partial charge on any atom is 0.313 e. The largest absolute Gasteiger partial charge is 0.420 e. The van der Waals surface area contributed by atoms with E-state index in [-0.39, 0.29) is 19.8 Å². The molecule has 0 saturated heterocycles. The van der Waals surface area contributed by atoms with Gasteiger partial charge >= 0.3 is 5.97 Å². The van der Waals surface area contributed by atoms with Crippen LogP contribution >= 0.6 is 0 Å². The molecule has 0 N–H and O–H groups in total. The fraction of sp³-hybridized carbons (Fsp3) is 0.682. The van der Waals surface area contributed by atoms with Crippen LogP contribution < -0.4 is 4.74 Å². The Labute approximate surface area is 195 Å². The molecule has 0 amide bonds. The third-order valence-corrected chi connectivity index (χ3v) is 4.42. The minimum atomic E-state index is -2.34. The van der Waals surface area contributed by atoms with E-state index in [1.165, 1.54) is 0 Å². The Hall–Kier alpha value is -1.86. The first-order chi connectivity index (χ1) is 16.3. The van der Waals surface area contributed by atoms with Gasteiger partial charge in [-0.1, -0.05) is 20.3 Å².